The Morgan fingerprint density at radius 3 is 2.33 bits per heavy atom. The Bertz CT molecular complexity index is 492. The van der Waals surface area contributed by atoms with Crippen molar-refractivity contribution in [2.24, 2.45) is 0 Å². The SMILES string of the molecule is CCOC(=O)C(NC=O)C1(S)CC[N+](C)(OC(=O)C(F)(F)F)CC1. The number of nitrogens with zero attached hydrogens (tertiary/aromatic N) is 1. The summed E-state index contributed by atoms with van der Waals surface area (Å²) in [5, 5.41) is 2.34. The number of thiol groups is 1. The number of piperidine rings is 1. The lowest BCUT2D eigenvalue weighted by atomic mass is 9.88. The van der Waals surface area contributed by atoms with Gasteiger partial charge in [0.2, 0.25) is 6.41 Å². The number of hydrogen-bond acceptors (Lipinski definition) is 6. The molecule has 0 aromatic rings. The molecular weight excluding hydrogens is 353 g/mol. The lowest BCUT2D eigenvalue weighted by Gasteiger charge is -2.43. The van der Waals surface area contributed by atoms with Crippen LogP contribution in [0.25, 0.3) is 0 Å². The molecule has 1 aliphatic rings. The van der Waals surface area contributed by atoms with Crippen LogP contribution < -0.4 is 5.32 Å². The van der Waals surface area contributed by atoms with Crippen molar-refractivity contribution in [1.82, 2.24) is 5.32 Å². The van der Waals surface area contributed by atoms with Gasteiger partial charge in [0.1, 0.15) is 26.2 Å². The molecule has 0 saturated carbocycles. The number of nitrogens with one attached hydrogen (secondary N) is 1. The fraction of sp³-hybridized carbons (Fsp3) is 0.769. The summed E-state index contributed by atoms with van der Waals surface area (Å²) in [5.41, 5.74) is 0. The minimum absolute atomic E-state index is 0.00175. The zero-order valence-electron chi connectivity index (χ0n) is 13.3. The van der Waals surface area contributed by atoms with Crippen LogP contribution >= 0.6 is 12.6 Å². The van der Waals surface area contributed by atoms with E-state index >= 15 is 0 Å². The molecule has 1 aliphatic heterocycles. The van der Waals surface area contributed by atoms with Crippen molar-refractivity contribution in [3.05, 3.63) is 0 Å². The summed E-state index contributed by atoms with van der Waals surface area (Å²) in [5.74, 6) is -2.95. The molecule has 7 nitrogen and oxygen atoms in total. The van der Waals surface area contributed by atoms with Crippen LogP contribution in [0.15, 0.2) is 0 Å². The number of amides is 1. The number of carbonyl (C=O) groups excluding carboxylic acids is 3. The highest BCUT2D eigenvalue weighted by Gasteiger charge is 2.52. The average Bonchev–Trinajstić information content (AvgIpc) is 2.47. The van der Waals surface area contributed by atoms with Crippen molar-refractivity contribution in [2.45, 2.75) is 36.7 Å². The van der Waals surface area contributed by atoms with E-state index in [0.29, 0.717) is 6.41 Å². The highest BCUT2D eigenvalue weighted by molar-refractivity contribution is 7.82. The number of hydrogen-bond donors (Lipinski definition) is 2. The van der Waals surface area contributed by atoms with Crippen molar-refractivity contribution in [1.29, 1.82) is 0 Å². The highest BCUT2D eigenvalue weighted by Crippen LogP contribution is 2.36. The molecule has 1 atom stereocenters. The summed E-state index contributed by atoms with van der Waals surface area (Å²) >= 11 is 4.44. The van der Waals surface area contributed by atoms with E-state index in [1.807, 2.05) is 0 Å². The Kier molecular flexibility index (Phi) is 6.51. The lowest BCUT2D eigenvalue weighted by Crippen LogP contribution is -2.62. The molecule has 0 aromatic heterocycles. The minimum Gasteiger partial charge on any atom is -0.464 e. The van der Waals surface area contributed by atoms with Gasteiger partial charge in [-0.25, -0.2) is 9.59 Å². The molecule has 1 unspecified atom stereocenters. The second-order valence-corrected chi connectivity index (χ2v) is 6.58. The Hall–Kier alpha value is -1.49. The fourth-order valence-electron chi connectivity index (χ4n) is 2.47. The van der Waals surface area contributed by atoms with Crippen LogP contribution in [-0.2, 0) is 24.0 Å². The normalized spacial score (nSPS) is 28.6. The van der Waals surface area contributed by atoms with Crippen LogP contribution in [0.2, 0.25) is 0 Å². The molecule has 0 bridgehead atoms. The maximum atomic E-state index is 12.3. The van der Waals surface area contributed by atoms with E-state index in [2.05, 4.69) is 22.8 Å². The number of quaternary nitrogens is 1. The maximum absolute atomic E-state index is 12.3. The average molecular weight is 373 g/mol. The number of alkyl halides is 3. The van der Waals surface area contributed by atoms with Crippen molar-refractivity contribution >= 4 is 31.0 Å². The largest absolute Gasteiger partial charge is 0.497 e. The molecule has 0 spiro atoms. The van der Waals surface area contributed by atoms with E-state index in [9.17, 15) is 27.6 Å². The lowest BCUT2D eigenvalue weighted by molar-refractivity contribution is -1.08. The third-order valence-corrected chi connectivity index (χ3v) is 4.57. The number of esters is 1. The number of likely N-dealkylation sites (tertiary alicyclic amines) is 1. The predicted octanol–water partition coefficient (Wildman–Crippen LogP) is 0.594. The third-order valence-electron chi connectivity index (χ3n) is 3.86. The van der Waals surface area contributed by atoms with Crippen molar-refractivity contribution in [2.75, 3.05) is 26.7 Å². The van der Waals surface area contributed by atoms with Gasteiger partial charge in [-0.15, -0.1) is 4.65 Å². The van der Waals surface area contributed by atoms with Gasteiger partial charge < -0.3 is 10.1 Å². The van der Waals surface area contributed by atoms with Gasteiger partial charge in [0.15, 0.2) is 0 Å². The Morgan fingerprint density at radius 1 is 1.38 bits per heavy atom. The third kappa shape index (κ3) is 5.00. The van der Waals surface area contributed by atoms with E-state index in [1.54, 1.807) is 6.92 Å². The van der Waals surface area contributed by atoms with Crippen LogP contribution in [0.5, 0.6) is 0 Å². The van der Waals surface area contributed by atoms with Crippen molar-refractivity contribution in [3.8, 4) is 0 Å². The van der Waals surface area contributed by atoms with Gasteiger partial charge in [0.05, 0.1) is 11.4 Å². The monoisotopic (exact) mass is 373 g/mol. The predicted molar refractivity (Wildman–Crippen MR) is 78.6 cm³/mol. The second-order valence-electron chi connectivity index (χ2n) is 5.69. The summed E-state index contributed by atoms with van der Waals surface area (Å²) in [6.07, 6.45) is -4.49. The highest BCUT2D eigenvalue weighted by atomic mass is 32.1. The van der Waals surface area contributed by atoms with E-state index in [4.69, 9.17) is 4.74 Å². The molecule has 138 valence electrons. The molecule has 0 aliphatic carbocycles. The molecule has 24 heavy (non-hydrogen) atoms. The molecule has 1 amide bonds. The standard InChI is InChI=1S/C13H19F3N2O5S/c1-3-22-10(20)9(17-8-19)12(24)4-6-18(2,7-5-12)23-11(21)13(14,15)16/h8-9H,3-7H2,1-2H3,(H-,17,19,24)/p+1. The number of hydroxylamine groups is 3. The Labute approximate surface area is 142 Å². The quantitative estimate of drug-likeness (QED) is 0.308. The summed E-state index contributed by atoms with van der Waals surface area (Å²) in [4.78, 5) is 38.2. The summed E-state index contributed by atoms with van der Waals surface area (Å²) < 4.78 is 40.3. The molecule has 0 radical (unpaired) electrons. The summed E-state index contributed by atoms with van der Waals surface area (Å²) in [7, 11) is 1.34. The Balaban J connectivity index is 2.81. The van der Waals surface area contributed by atoms with Gasteiger partial charge in [-0.3, -0.25) is 9.63 Å². The first kappa shape index (κ1) is 20.6. The van der Waals surface area contributed by atoms with Gasteiger partial charge in [-0.05, 0) is 6.92 Å². The van der Waals surface area contributed by atoms with Crippen LogP contribution in [0.1, 0.15) is 19.8 Å². The van der Waals surface area contributed by atoms with Gasteiger partial charge in [-0.2, -0.15) is 25.8 Å². The molecule has 1 heterocycles. The molecule has 1 saturated heterocycles. The van der Waals surface area contributed by atoms with Crippen molar-refractivity contribution < 1.29 is 41.8 Å². The Morgan fingerprint density at radius 2 is 1.92 bits per heavy atom. The molecule has 1 N–H and O–H groups in total. The number of ether oxygens (including phenoxy) is 1. The number of halogens is 3. The van der Waals surface area contributed by atoms with Gasteiger partial charge in [0.25, 0.3) is 0 Å². The minimum atomic E-state index is -5.08. The molecular formula is C13H20F3N2O5S+. The van der Waals surface area contributed by atoms with Gasteiger partial charge >= 0.3 is 18.1 Å². The van der Waals surface area contributed by atoms with E-state index in [-0.39, 0.29) is 32.5 Å². The summed E-state index contributed by atoms with van der Waals surface area (Å²) in [6, 6.07) is -1.05. The molecule has 0 aromatic carbocycles. The number of rotatable bonds is 6. The second kappa shape index (κ2) is 7.60. The van der Waals surface area contributed by atoms with Crippen LogP contribution in [0, 0.1) is 0 Å². The molecule has 1 fully saturated rings. The van der Waals surface area contributed by atoms with Crippen molar-refractivity contribution in [3.63, 3.8) is 0 Å². The first-order valence-corrected chi connectivity index (χ1v) is 7.66. The smallest absolute Gasteiger partial charge is 0.464 e. The van der Waals surface area contributed by atoms with E-state index in [0.717, 1.165) is 0 Å². The first-order chi connectivity index (χ1) is 11.0. The topological polar surface area (TPSA) is 81.7 Å². The first-order valence-electron chi connectivity index (χ1n) is 7.21. The zero-order chi connectivity index (χ0) is 18.6. The van der Waals surface area contributed by atoms with E-state index < -0.39 is 33.6 Å². The molecule has 11 heteroatoms. The molecule has 1 rings (SSSR count). The van der Waals surface area contributed by atoms with Crippen LogP contribution in [0.4, 0.5) is 13.2 Å². The fourth-order valence-corrected chi connectivity index (χ4v) is 2.85. The van der Waals surface area contributed by atoms with Gasteiger partial charge in [-0.1, -0.05) is 0 Å². The summed E-state index contributed by atoms with van der Waals surface area (Å²) in [6.45, 7) is 1.71. The maximum Gasteiger partial charge on any atom is 0.497 e. The van der Waals surface area contributed by atoms with Crippen LogP contribution in [-0.4, -0.2) is 66.7 Å². The number of carbonyl (C=O) groups is 3. The van der Waals surface area contributed by atoms with Crippen LogP contribution in [0.3, 0.4) is 0 Å². The van der Waals surface area contributed by atoms with E-state index in [1.165, 1.54) is 7.05 Å². The zero-order valence-corrected chi connectivity index (χ0v) is 14.2. The van der Waals surface area contributed by atoms with Gasteiger partial charge in [0, 0.05) is 12.8 Å².